The zero-order valence-electron chi connectivity index (χ0n) is 11.9. The van der Waals surface area contributed by atoms with Gasteiger partial charge in [0.1, 0.15) is 12.1 Å². The maximum Gasteiger partial charge on any atom is 0.411 e. The van der Waals surface area contributed by atoms with Crippen molar-refractivity contribution in [3.05, 3.63) is 23.8 Å². The van der Waals surface area contributed by atoms with E-state index in [1.165, 1.54) is 0 Å². The van der Waals surface area contributed by atoms with E-state index in [1.807, 2.05) is 6.92 Å². The molecule has 0 aliphatic carbocycles. The summed E-state index contributed by atoms with van der Waals surface area (Å²) in [4.78, 5) is 11.9. The number of carbonyl (C=O) groups excluding carboxylic acids is 1. The first-order valence-electron chi connectivity index (χ1n) is 6.66. The Balaban J connectivity index is 1.87. The van der Waals surface area contributed by atoms with Crippen molar-refractivity contribution in [3.63, 3.8) is 0 Å². The molecule has 0 spiro atoms. The van der Waals surface area contributed by atoms with Crippen molar-refractivity contribution >= 4 is 16.9 Å². The number of halogens is 3. The van der Waals surface area contributed by atoms with Crippen LogP contribution in [0.25, 0.3) is 11.0 Å². The van der Waals surface area contributed by atoms with Gasteiger partial charge >= 0.3 is 6.18 Å². The van der Waals surface area contributed by atoms with Crippen LogP contribution in [-0.4, -0.2) is 46.8 Å². The molecule has 0 aliphatic heterocycles. The highest BCUT2D eigenvalue weighted by Gasteiger charge is 2.27. The number of fused-ring (bicyclic) bond motifs is 1. The summed E-state index contributed by atoms with van der Waals surface area (Å²) in [6.07, 6.45) is -4.36. The fourth-order valence-corrected chi connectivity index (χ4v) is 1.87. The van der Waals surface area contributed by atoms with Crippen LogP contribution in [0.15, 0.2) is 18.2 Å². The number of nitrogens with zero attached hydrogens (tertiary/aromatic N) is 3. The highest BCUT2D eigenvalue weighted by Crippen LogP contribution is 2.14. The van der Waals surface area contributed by atoms with Crippen LogP contribution in [0, 0.1) is 0 Å². The molecule has 0 fully saturated rings. The molecule has 0 aliphatic rings. The SMILES string of the molecule is CCn1nnc2cc(C(=O)NCCOCC(F)(F)F)ccc21. The fraction of sp³-hybridized carbons (Fsp3) is 0.462. The quantitative estimate of drug-likeness (QED) is 0.825. The van der Waals surface area contributed by atoms with Crippen molar-refractivity contribution < 1.29 is 22.7 Å². The van der Waals surface area contributed by atoms with Crippen LogP contribution in [0.3, 0.4) is 0 Å². The van der Waals surface area contributed by atoms with Crippen molar-refractivity contribution in [2.75, 3.05) is 19.8 Å². The first-order chi connectivity index (χ1) is 10.4. The predicted molar refractivity (Wildman–Crippen MR) is 72.4 cm³/mol. The Morgan fingerprint density at radius 1 is 1.41 bits per heavy atom. The molecule has 0 atom stereocenters. The van der Waals surface area contributed by atoms with E-state index in [2.05, 4.69) is 20.4 Å². The summed E-state index contributed by atoms with van der Waals surface area (Å²) in [6.45, 7) is 1.05. The summed E-state index contributed by atoms with van der Waals surface area (Å²) >= 11 is 0. The summed E-state index contributed by atoms with van der Waals surface area (Å²) in [7, 11) is 0. The van der Waals surface area contributed by atoms with Gasteiger partial charge < -0.3 is 10.1 Å². The van der Waals surface area contributed by atoms with Gasteiger partial charge in [0, 0.05) is 18.7 Å². The molecular weight excluding hydrogens is 301 g/mol. The van der Waals surface area contributed by atoms with Crippen molar-refractivity contribution in [1.82, 2.24) is 20.3 Å². The predicted octanol–water partition coefficient (Wildman–Crippen LogP) is 1.76. The summed E-state index contributed by atoms with van der Waals surface area (Å²) < 4.78 is 41.7. The van der Waals surface area contributed by atoms with Crippen LogP contribution < -0.4 is 5.32 Å². The van der Waals surface area contributed by atoms with Crippen molar-refractivity contribution in [2.24, 2.45) is 0 Å². The Bertz CT molecular complexity index is 654. The van der Waals surface area contributed by atoms with Gasteiger partial charge in [0.05, 0.1) is 12.1 Å². The summed E-state index contributed by atoms with van der Waals surface area (Å²) in [5.74, 6) is -0.399. The number of benzene rings is 1. The van der Waals surface area contributed by atoms with Crippen molar-refractivity contribution in [3.8, 4) is 0 Å². The van der Waals surface area contributed by atoms with Gasteiger partial charge in [-0.25, -0.2) is 4.68 Å². The molecule has 2 rings (SSSR count). The lowest BCUT2D eigenvalue weighted by atomic mass is 10.2. The lowest BCUT2D eigenvalue weighted by Crippen LogP contribution is -2.28. The highest BCUT2D eigenvalue weighted by atomic mass is 19.4. The summed E-state index contributed by atoms with van der Waals surface area (Å²) in [5.41, 5.74) is 1.77. The first-order valence-corrected chi connectivity index (χ1v) is 6.66. The number of hydrogen-bond donors (Lipinski definition) is 1. The maximum absolute atomic E-state index is 11.9. The fourth-order valence-electron chi connectivity index (χ4n) is 1.87. The highest BCUT2D eigenvalue weighted by molar-refractivity contribution is 5.97. The smallest absolute Gasteiger partial charge is 0.370 e. The number of ether oxygens (including phenoxy) is 1. The van der Waals surface area contributed by atoms with E-state index in [4.69, 9.17) is 0 Å². The molecule has 0 radical (unpaired) electrons. The zero-order valence-corrected chi connectivity index (χ0v) is 11.9. The van der Waals surface area contributed by atoms with Gasteiger partial charge in [0.15, 0.2) is 0 Å². The number of aryl methyl sites for hydroxylation is 1. The molecule has 1 heterocycles. The van der Waals surface area contributed by atoms with E-state index in [1.54, 1.807) is 22.9 Å². The van der Waals surface area contributed by atoms with Gasteiger partial charge in [0.2, 0.25) is 0 Å². The van der Waals surface area contributed by atoms with Gasteiger partial charge in [-0.2, -0.15) is 13.2 Å². The van der Waals surface area contributed by atoms with Crippen LogP contribution >= 0.6 is 0 Å². The largest absolute Gasteiger partial charge is 0.411 e. The third-order valence-electron chi connectivity index (χ3n) is 2.87. The molecule has 2 aromatic rings. The van der Waals surface area contributed by atoms with Gasteiger partial charge in [0.25, 0.3) is 5.91 Å². The van der Waals surface area contributed by atoms with E-state index in [-0.39, 0.29) is 13.2 Å². The number of rotatable bonds is 6. The molecule has 120 valence electrons. The number of nitrogens with one attached hydrogen (secondary N) is 1. The first kappa shape index (κ1) is 16.2. The molecule has 0 bridgehead atoms. The van der Waals surface area contributed by atoms with Crippen molar-refractivity contribution in [2.45, 2.75) is 19.6 Å². The Morgan fingerprint density at radius 2 is 2.18 bits per heavy atom. The van der Waals surface area contributed by atoms with Gasteiger partial charge in [-0.1, -0.05) is 5.21 Å². The molecular formula is C13H15F3N4O2. The number of aromatic nitrogens is 3. The average molecular weight is 316 g/mol. The van der Waals surface area contributed by atoms with Crippen molar-refractivity contribution in [1.29, 1.82) is 0 Å². The number of carbonyl (C=O) groups is 1. The van der Waals surface area contributed by atoms with Crippen LogP contribution in [-0.2, 0) is 11.3 Å². The van der Waals surface area contributed by atoms with Crippen LogP contribution in [0.1, 0.15) is 17.3 Å². The molecule has 1 amide bonds. The second-order valence-corrected chi connectivity index (χ2v) is 4.53. The second-order valence-electron chi connectivity index (χ2n) is 4.53. The molecule has 1 N–H and O–H groups in total. The minimum atomic E-state index is -4.36. The molecule has 1 aromatic heterocycles. The molecule has 0 saturated carbocycles. The van der Waals surface area contributed by atoms with Crippen LogP contribution in [0.2, 0.25) is 0 Å². The summed E-state index contributed by atoms with van der Waals surface area (Å²) in [5, 5.41) is 10.4. The van der Waals surface area contributed by atoms with E-state index in [9.17, 15) is 18.0 Å². The monoisotopic (exact) mass is 316 g/mol. The minimum Gasteiger partial charge on any atom is -0.370 e. The Hall–Kier alpha value is -2.16. The zero-order chi connectivity index (χ0) is 16.2. The average Bonchev–Trinajstić information content (AvgIpc) is 2.87. The van der Waals surface area contributed by atoms with E-state index in [0.29, 0.717) is 17.6 Å². The molecule has 0 saturated heterocycles. The molecule has 1 aromatic carbocycles. The Morgan fingerprint density at radius 3 is 2.86 bits per heavy atom. The molecule has 22 heavy (non-hydrogen) atoms. The Kier molecular flexibility index (Phi) is 4.96. The minimum absolute atomic E-state index is 0.00536. The lowest BCUT2D eigenvalue weighted by molar-refractivity contribution is -0.173. The summed E-state index contributed by atoms with van der Waals surface area (Å²) in [6, 6.07) is 4.93. The van der Waals surface area contributed by atoms with E-state index in [0.717, 1.165) is 5.52 Å². The Labute approximate surface area is 124 Å². The van der Waals surface area contributed by atoms with Crippen LogP contribution in [0.5, 0.6) is 0 Å². The lowest BCUT2D eigenvalue weighted by Gasteiger charge is -2.08. The van der Waals surface area contributed by atoms with Gasteiger partial charge in [-0.15, -0.1) is 5.10 Å². The van der Waals surface area contributed by atoms with Crippen LogP contribution in [0.4, 0.5) is 13.2 Å². The number of alkyl halides is 3. The molecule has 9 heteroatoms. The third-order valence-corrected chi connectivity index (χ3v) is 2.87. The number of amides is 1. The van der Waals surface area contributed by atoms with E-state index < -0.39 is 18.7 Å². The normalized spacial score (nSPS) is 11.8. The maximum atomic E-state index is 11.9. The molecule has 6 nitrogen and oxygen atoms in total. The van der Waals surface area contributed by atoms with Gasteiger partial charge in [-0.05, 0) is 25.1 Å². The topological polar surface area (TPSA) is 69.0 Å². The number of hydrogen-bond acceptors (Lipinski definition) is 4. The second kappa shape index (κ2) is 6.73. The molecule has 0 unspecified atom stereocenters. The van der Waals surface area contributed by atoms with E-state index >= 15 is 0 Å². The standard InChI is InChI=1S/C13H15F3N4O2/c1-2-20-11-4-3-9(7-10(11)18-19-20)12(21)17-5-6-22-8-13(14,15)16/h3-4,7H,2,5-6,8H2,1H3,(H,17,21). The third kappa shape index (κ3) is 4.17. The van der Waals surface area contributed by atoms with Gasteiger partial charge in [-0.3, -0.25) is 4.79 Å².